The van der Waals surface area contributed by atoms with Gasteiger partial charge in [-0.3, -0.25) is 19.7 Å². The van der Waals surface area contributed by atoms with Gasteiger partial charge in [0.2, 0.25) is 11.8 Å². The van der Waals surface area contributed by atoms with Gasteiger partial charge >= 0.3 is 0 Å². The van der Waals surface area contributed by atoms with E-state index in [1.807, 2.05) is 5.38 Å². The van der Waals surface area contributed by atoms with Crippen molar-refractivity contribution in [2.24, 2.45) is 0 Å². The average molecular weight is 250 g/mol. The minimum absolute atomic E-state index is 0.101. The number of hydrogen-bond acceptors (Lipinski definition) is 4. The third-order valence-corrected chi connectivity index (χ3v) is 4.04. The van der Waals surface area contributed by atoms with Crippen molar-refractivity contribution in [3.8, 4) is 0 Å². The summed E-state index contributed by atoms with van der Waals surface area (Å²) in [6.07, 6.45) is 0.721. The summed E-state index contributed by atoms with van der Waals surface area (Å²) in [5, 5.41) is 4.16. The first-order valence-electron chi connectivity index (χ1n) is 5.38. The molecule has 0 bridgehead atoms. The van der Waals surface area contributed by atoms with Crippen LogP contribution in [0.5, 0.6) is 0 Å². The summed E-state index contributed by atoms with van der Waals surface area (Å²) in [6, 6.07) is 1.29. The summed E-state index contributed by atoms with van der Waals surface area (Å²) < 4.78 is 0. The van der Waals surface area contributed by atoms with Crippen LogP contribution in [-0.2, 0) is 16.1 Å². The lowest BCUT2D eigenvalue weighted by Gasteiger charge is -2.29. The summed E-state index contributed by atoms with van der Waals surface area (Å²) in [5.41, 5.74) is 0.694. The molecule has 0 aromatic carbocycles. The van der Waals surface area contributed by atoms with Crippen LogP contribution in [0.25, 0.3) is 0 Å². The Labute approximate surface area is 101 Å². The summed E-state index contributed by atoms with van der Waals surface area (Å²) in [4.78, 5) is 37.3. The molecule has 5 nitrogen and oxygen atoms in total. The van der Waals surface area contributed by atoms with E-state index in [9.17, 15) is 14.4 Å². The maximum atomic E-state index is 12.1. The Bertz CT molecular complexity index is 523. The fourth-order valence-electron chi connectivity index (χ4n) is 2.27. The Hall–Kier alpha value is -1.69. The van der Waals surface area contributed by atoms with Gasteiger partial charge in [-0.05, 0) is 17.9 Å². The predicted molar refractivity (Wildman–Crippen MR) is 60.4 cm³/mol. The van der Waals surface area contributed by atoms with Gasteiger partial charge in [-0.2, -0.15) is 0 Å². The highest BCUT2D eigenvalue weighted by molar-refractivity contribution is 7.10. The van der Waals surface area contributed by atoms with Crippen LogP contribution in [0.15, 0.2) is 11.4 Å². The Morgan fingerprint density at radius 1 is 1.35 bits per heavy atom. The van der Waals surface area contributed by atoms with Gasteiger partial charge in [0.05, 0.1) is 12.1 Å². The van der Waals surface area contributed by atoms with E-state index >= 15 is 0 Å². The molecule has 0 radical (unpaired) electrons. The normalized spacial score (nSPS) is 23.9. The van der Waals surface area contributed by atoms with E-state index in [2.05, 4.69) is 5.32 Å². The molecule has 3 heterocycles. The summed E-state index contributed by atoms with van der Waals surface area (Å²) >= 11 is 1.52. The molecule has 0 spiro atoms. The van der Waals surface area contributed by atoms with Crippen LogP contribution in [0.3, 0.4) is 0 Å². The Morgan fingerprint density at radius 3 is 2.88 bits per heavy atom. The number of imide groups is 1. The number of hydrogen-bond donors (Lipinski definition) is 1. The van der Waals surface area contributed by atoms with Crippen molar-refractivity contribution in [2.75, 3.05) is 0 Å². The van der Waals surface area contributed by atoms with Gasteiger partial charge in [-0.1, -0.05) is 0 Å². The quantitative estimate of drug-likeness (QED) is 0.738. The van der Waals surface area contributed by atoms with Gasteiger partial charge in [0.1, 0.15) is 6.04 Å². The van der Waals surface area contributed by atoms with Gasteiger partial charge in [0, 0.05) is 11.3 Å². The van der Waals surface area contributed by atoms with Gasteiger partial charge < -0.3 is 4.90 Å². The van der Waals surface area contributed by atoms with E-state index in [4.69, 9.17) is 0 Å². The maximum absolute atomic E-state index is 12.1. The minimum Gasteiger partial charge on any atom is -0.321 e. The Morgan fingerprint density at radius 2 is 2.18 bits per heavy atom. The van der Waals surface area contributed by atoms with Gasteiger partial charge in [0.15, 0.2) is 0 Å². The molecular formula is C11H10N2O3S. The molecule has 2 aliphatic heterocycles. The summed E-state index contributed by atoms with van der Waals surface area (Å²) in [6.45, 7) is 0.484. The highest BCUT2D eigenvalue weighted by Gasteiger charge is 2.39. The van der Waals surface area contributed by atoms with E-state index in [-0.39, 0.29) is 17.7 Å². The number of carbonyl (C=O) groups is 3. The zero-order chi connectivity index (χ0) is 12.0. The first-order valence-corrected chi connectivity index (χ1v) is 6.26. The number of piperidine rings is 1. The molecule has 88 valence electrons. The molecule has 6 heteroatoms. The third-order valence-electron chi connectivity index (χ3n) is 3.14. The monoisotopic (exact) mass is 250 g/mol. The van der Waals surface area contributed by atoms with Crippen molar-refractivity contribution < 1.29 is 14.4 Å². The van der Waals surface area contributed by atoms with Crippen molar-refractivity contribution in [2.45, 2.75) is 25.4 Å². The van der Waals surface area contributed by atoms with E-state index in [1.165, 1.54) is 11.3 Å². The summed E-state index contributed by atoms with van der Waals surface area (Å²) in [7, 11) is 0. The van der Waals surface area contributed by atoms with Crippen LogP contribution in [0.1, 0.15) is 28.1 Å². The molecule has 1 aromatic rings. The first-order chi connectivity index (χ1) is 8.16. The van der Waals surface area contributed by atoms with Crippen LogP contribution >= 0.6 is 11.3 Å². The summed E-state index contributed by atoms with van der Waals surface area (Å²) in [5.74, 6) is -0.715. The van der Waals surface area contributed by atoms with E-state index in [0.29, 0.717) is 24.9 Å². The van der Waals surface area contributed by atoms with Crippen LogP contribution in [0, 0.1) is 0 Å². The molecule has 1 unspecified atom stereocenters. The zero-order valence-corrected chi connectivity index (χ0v) is 9.75. The van der Waals surface area contributed by atoms with Crippen LogP contribution < -0.4 is 5.32 Å². The zero-order valence-electron chi connectivity index (χ0n) is 8.93. The molecule has 0 aliphatic carbocycles. The van der Waals surface area contributed by atoms with Crippen molar-refractivity contribution in [3.63, 3.8) is 0 Å². The van der Waals surface area contributed by atoms with Crippen molar-refractivity contribution >= 4 is 29.1 Å². The molecule has 17 heavy (non-hydrogen) atoms. The molecule has 2 aliphatic rings. The second kappa shape index (κ2) is 3.66. The number of amides is 3. The highest BCUT2D eigenvalue weighted by atomic mass is 32.1. The SMILES string of the molecule is O=C1CCC(N2Cc3sccc3C2=O)C(=O)N1. The number of thiophene rings is 1. The Kier molecular flexibility index (Phi) is 2.25. The minimum atomic E-state index is -0.500. The molecule has 1 aromatic heterocycles. The fourth-order valence-corrected chi connectivity index (χ4v) is 3.13. The largest absolute Gasteiger partial charge is 0.321 e. The number of nitrogens with one attached hydrogen (secondary N) is 1. The molecule has 3 amide bonds. The maximum Gasteiger partial charge on any atom is 0.256 e. The lowest BCUT2D eigenvalue weighted by atomic mass is 10.0. The third kappa shape index (κ3) is 1.56. The van der Waals surface area contributed by atoms with Crippen LogP contribution in [0.4, 0.5) is 0 Å². The smallest absolute Gasteiger partial charge is 0.256 e. The van der Waals surface area contributed by atoms with Crippen LogP contribution in [-0.4, -0.2) is 28.7 Å². The van der Waals surface area contributed by atoms with E-state index < -0.39 is 6.04 Å². The highest BCUT2D eigenvalue weighted by Crippen LogP contribution is 2.30. The molecule has 1 fully saturated rings. The van der Waals surface area contributed by atoms with Gasteiger partial charge in [-0.25, -0.2) is 0 Å². The number of nitrogens with zero attached hydrogens (tertiary/aromatic N) is 1. The van der Waals surface area contributed by atoms with Gasteiger partial charge in [0.25, 0.3) is 5.91 Å². The number of carbonyl (C=O) groups excluding carboxylic acids is 3. The predicted octanol–water partition coefficient (Wildman–Crippen LogP) is 0.509. The van der Waals surface area contributed by atoms with Gasteiger partial charge in [-0.15, -0.1) is 11.3 Å². The lowest BCUT2D eigenvalue weighted by Crippen LogP contribution is -2.52. The number of fused-ring (bicyclic) bond motifs is 1. The molecule has 0 saturated carbocycles. The molecule has 1 saturated heterocycles. The second-order valence-corrected chi connectivity index (χ2v) is 5.16. The van der Waals surface area contributed by atoms with Crippen molar-refractivity contribution in [3.05, 3.63) is 21.9 Å². The molecular weight excluding hydrogens is 240 g/mol. The lowest BCUT2D eigenvalue weighted by molar-refractivity contribution is -0.136. The average Bonchev–Trinajstić information content (AvgIpc) is 2.83. The fraction of sp³-hybridized carbons (Fsp3) is 0.364. The van der Waals surface area contributed by atoms with E-state index in [0.717, 1.165) is 4.88 Å². The van der Waals surface area contributed by atoms with Crippen molar-refractivity contribution in [1.82, 2.24) is 10.2 Å². The standard InChI is InChI=1S/C11H10N2O3S/c14-9-2-1-7(10(15)12-9)13-5-8-6(11(13)16)3-4-17-8/h3-4,7H,1-2,5H2,(H,12,14,15). The van der Waals surface area contributed by atoms with Crippen molar-refractivity contribution in [1.29, 1.82) is 0 Å². The second-order valence-electron chi connectivity index (χ2n) is 4.16. The topological polar surface area (TPSA) is 66.5 Å². The Balaban J connectivity index is 1.83. The number of rotatable bonds is 1. The molecule has 1 atom stereocenters. The van der Waals surface area contributed by atoms with E-state index in [1.54, 1.807) is 11.0 Å². The first kappa shape index (κ1) is 10.5. The van der Waals surface area contributed by atoms with Crippen LogP contribution in [0.2, 0.25) is 0 Å². The molecule has 1 N–H and O–H groups in total. The molecule has 3 rings (SSSR count).